The Kier molecular flexibility index (Phi) is 11.2. The monoisotopic (exact) mass is 676 g/mol. The predicted octanol–water partition coefficient (Wildman–Crippen LogP) is 7.75. The van der Waals surface area contributed by atoms with E-state index in [-0.39, 0.29) is 12.1 Å². The SMILES string of the molecule is C[C@@H](NC(=O)c1ccc(/C(F)=C/C(c2cc(Cl)cc(OCC(F)(F)F)c2)C(F)(F)F)cc1C(F)(F)F)C(=O)NCC(F)(F)F. The highest BCUT2D eigenvalue weighted by molar-refractivity contribution is 6.30. The topological polar surface area (TPSA) is 67.4 Å². The first-order chi connectivity index (χ1) is 19.9. The number of hydrogen-bond acceptors (Lipinski definition) is 3. The summed E-state index contributed by atoms with van der Waals surface area (Å²) in [6.45, 7) is -2.87. The molecule has 2 atom stereocenters. The average Bonchev–Trinajstić information content (AvgIpc) is 2.86. The van der Waals surface area contributed by atoms with Gasteiger partial charge in [-0.1, -0.05) is 17.7 Å². The second-order valence-electron chi connectivity index (χ2n) is 8.94. The van der Waals surface area contributed by atoms with Crippen LogP contribution in [0.4, 0.5) is 57.1 Å². The summed E-state index contributed by atoms with van der Waals surface area (Å²) in [5, 5.41) is 2.58. The van der Waals surface area contributed by atoms with E-state index in [4.69, 9.17) is 11.6 Å². The van der Waals surface area contributed by atoms with Crippen LogP contribution in [0.3, 0.4) is 0 Å². The van der Waals surface area contributed by atoms with E-state index in [2.05, 4.69) is 4.74 Å². The van der Waals surface area contributed by atoms with Crippen molar-refractivity contribution in [2.45, 2.75) is 43.6 Å². The Morgan fingerprint density at radius 2 is 1.52 bits per heavy atom. The molecule has 44 heavy (non-hydrogen) atoms. The van der Waals surface area contributed by atoms with E-state index in [1.807, 2.05) is 0 Å². The van der Waals surface area contributed by atoms with Gasteiger partial charge in [-0.05, 0) is 48.9 Å². The quantitative estimate of drug-likeness (QED) is 0.267. The summed E-state index contributed by atoms with van der Waals surface area (Å²) in [7, 11) is 0. The van der Waals surface area contributed by atoms with E-state index in [0.29, 0.717) is 24.3 Å². The van der Waals surface area contributed by atoms with Crippen molar-refractivity contribution in [2.24, 2.45) is 0 Å². The lowest BCUT2D eigenvalue weighted by molar-refractivity contribution is -0.153. The van der Waals surface area contributed by atoms with E-state index in [1.165, 1.54) is 5.32 Å². The van der Waals surface area contributed by atoms with Crippen LogP contribution in [0.25, 0.3) is 5.83 Å². The number of alkyl halides is 12. The Labute approximate surface area is 244 Å². The molecule has 0 radical (unpaired) electrons. The van der Waals surface area contributed by atoms with Crippen LogP contribution in [0.1, 0.15) is 39.9 Å². The zero-order valence-electron chi connectivity index (χ0n) is 21.6. The van der Waals surface area contributed by atoms with Crippen molar-refractivity contribution in [1.82, 2.24) is 10.6 Å². The minimum atomic E-state index is -5.42. The van der Waals surface area contributed by atoms with E-state index in [9.17, 15) is 62.3 Å². The maximum absolute atomic E-state index is 15.0. The molecular formula is C25H18ClF13N2O3. The van der Waals surface area contributed by atoms with Gasteiger partial charge < -0.3 is 15.4 Å². The van der Waals surface area contributed by atoms with E-state index in [0.717, 1.165) is 13.0 Å². The maximum Gasteiger partial charge on any atom is 0.422 e. The molecule has 0 saturated carbocycles. The third kappa shape index (κ3) is 11.1. The van der Waals surface area contributed by atoms with Gasteiger partial charge in [0, 0.05) is 10.6 Å². The van der Waals surface area contributed by atoms with Crippen LogP contribution < -0.4 is 15.4 Å². The summed E-state index contributed by atoms with van der Waals surface area (Å²) in [5.41, 5.74) is -5.18. The van der Waals surface area contributed by atoms with Gasteiger partial charge in [0.05, 0.1) is 11.1 Å². The average molecular weight is 677 g/mol. The zero-order valence-corrected chi connectivity index (χ0v) is 22.4. The molecule has 0 bridgehead atoms. The van der Waals surface area contributed by atoms with Gasteiger partial charge in [0.2, 0.25) is 5.91 Å². The van der Waals surface area contributed by atoms with Crippen molar-refractivity contribution >= 4 is 29.2 Å². The molecule has 0 aliphatic heterocycles. The molecule has 2 aromatic rings. The van der Waals surface area contributed by atoms with Gasteiger partial charge in [-0.3, -0.25) is 9.59 Å². The van der Waals surface area contributed by atoms with Crippen molar-refractivity contribution in [3.05, 3.63) is 69.8 Å². The first-order valence-electron chi connectivity index (χ1n) is 11.7. The van der Waals surface area contributed by atoms with Crippen LogP contribution in [0.15, 0.2) is 42.5 Å². The molecule has 0 fully saturated rings. The van der Waals surface area contributed by atoms with Crippen molar-refractivity contribution in [1.29, 1.82) is 0 Å². The lowest BCUT2D eigenvalue weighted by Crippen LogP contribution is -2.47. The molecule has 5 nitrogen and oxygen atoms in total. The van der Waals surface area contributed by atoms with Crippen molar-refractivity contribution in [3.63, 3.8) is 0 Å². The smallest absolute Gasteiger partial charge is 0.422 e. The van der Waals surface area contributed by atoms with Crippen molar-refractivity contribution in [2.75, 3.05) is 13.2 Å². The number of allylic oxidation sites excluding steroid dienone is 1. The molecule has 2 rings (SSSR count). The second kappa shape index (κ2) is 13.5. The van der Waals surface area contributed by atoms with Crippen LogP contribution >= 0.6 is 11.6 Å². The van der Waals surface area contributed by atoms with Crippen LogP contribution in [-0.4, -0.2) is 49.5 Å². The highest BCUT2D eigenvalue weighted by Crippen LogP contribution is 2.41. The van der Waals surface area contributed by atoms with Gasteiger partial charge in [0.15, 0.2) is 6.61 Å². The van der Waals surface area contributed by atoms with Gasteiger partial charge in [0.25, 0.3) is 5.91 Å². The highest BCUT2D eigenvalue weighted by Gasteiger charge is 2.41. The van der Waals surface area contributed by atoms with Gasteiger partial charge >= 0.3 is 24.7 Å². The van der Waals surface area contributed by atoms with Gasteiger partial charge in [0.1, 0.15) is 30.1 Å². The summed E-state index contributed by atoms with van der Waals surface area (Å²) in [4.78, 5) is 24.2. The Morgan fingerprint density at radius 1 is 0.909 bits per heavy atom. The summed E-state index contributed by atoms with van der Waals surface area (Å²) in [6, 6.07) is 0.852. The van der Waals surface area contributed by atoms with Gasteiger partial charge in [-0.2, -0.15) is 52.7 Å². The molecule has 2 N–H and O–H groups in total. The van der Waals surface area contributed by atoms with Crippen molar-refractivity contribution in [3.8, 4) is 5.75 Å². The second-order valence-corrected chi connectivity index (χ2v) is 9.38. The Balaban J connectivity index is 2.46. The van der Waals surface area contributed by atoms with E-state index < -0.39 is 100 Å². The summed E-state index contributed by atoms with van der Waals surface area (Å²) in [6.07, 6.45) is -20.7. The largest absolute Gasteiger partial charge is 0.484 e. The Hall–Kier alpha value is -3.70. The lowest BCUT2D eigenvalue weighted by atomic mass is 9.95. The fourth-order valence-electron chi connectivity index (χ4n) is 3.44. The normalized spacial score (nSPS) is 14.6. The predicted molar refractivity (Wildman–Crippen MR) is 128 cm³/mol. The number of rotatable bonds is 9. The minimum Gasteiger partial charge on any atom is -0.484 e. The van der Waals surface area contributed by atoms with E-state index >= 15 is 4.39 Å². The maximum atomic E-state index is 15.0. The molecule has 0 heterocycles. The molecule has 0 aliphatic carbocycles. The number of nitrogens with one attached hydrogen (secondary N) is 2. The van der Waals surface area contributed by atoms with Gasteiger partial charge in [-0.25, -0.2) is 4.39 Å². The Morgan fingerprint density at radius 3 is 2.05 bits per heavy atom. The van der Waals surface area contributed by atoms with E-state index in [1.54, 1.807) is 5.32 Å². The molecular weight excluding hydrogens is 659 g/mol. The molecule has 0 aromatic heterocycles. The molecule has 244 valence electrons. The molecule has 19 heteroatoms. The molecule has 0 aliphatic rings. The first kappa shape index (κ1) is 36.5. The molecule has 2 aromatic carbocycles. The zero-order chi connectivity index (χ0) is 33.8. The van der Waals surface area contributed by atoms with Crippen LogP contribution in [0.2, 0.25) is 5.02 Å². The number of ether oxygens (including phenoxy) is 1. The number of hydrogen-bond donors (Lipinski definition) is 2. The van der Waals surface area contributed by atoms with Crippen LogP contribution in [0, 0.1) is 0 Å². The molecule has 0 spiro atoms. The fourth-order valence-corrected chi connectivity index (χ4v) is 3.67. The van der Waals surface area contributed by atoms with Crippen LogP contribution in [0.5, 0.6) is 5.75 Å². The molecule has 0 saturated heterocycles. The summed E-state index contributed by atoms with van der Waals surface area (Å²) in [5.74, 6) is -8.68. The third-order valence-corrected chi connectivity index (χ3v) is 5.59. The number of carbonyl (C=O) groups excluding carboxylic acids is 2. The first-order valence-corrected chi connectivity index (χ1v) is 12.1. The molecule has 1 unspecified atom stereocenters. The fraction of sp³-hybridized carbons (Fsp3) is 0.360. The van der Waals surface area contributed by atoms with Crippen LogP contribution in [-0.2, 0) is 11.0 Å². The highest BCUT2D eigenvalue weighted by atomic mass is 35.5. The summed E-state index contributed by atoms with van der Waals surface area (Å²) < 4.78 is 176. The number of halogens is 14. The number of amides is 2. The molecule has 2 amide bonds. The van der Waals surface area contributed by atoms with Crippen molar-refractivity contribution < 1.29 is 71.4 Å². The Bertz CT molecular complexity index is 1380. The van der Waals surface area contributed by atoms with Gasteiger partial charge in [-0.15, -0.1) is 0 Å². The standard InChI is InChI=1S/C25H18ClF13N2O3/c1-11(20(42)40-9-22(28,29)30)41-21(43)16-3-2-12(6-18(16)25(37,38)39)19(27)8-17(24(34,35)36)13-4-14(26)7-15(5-13)44-10-23(31,32)33/h2-8,11,17H,9-10H2,1H3,(H,40,42)(H,41,43)/b19-8-/t11-,17?/m1/s1. The lowest BCUT2D eigenvalue weighted by Gasteiger charge is -2.20. The third-order valence-electron chi connectivity index (χ3n) is 5.37. The summed E-state index contributed by atoms with van der Waals surface area (Å²) >= 11 is 5.68. The number of carbonyl (C=O) groups is 2. The number of benzene rings is 2. The minimum absolute atomic E-state index is 0.0294.